The summed E-state index contributed by atoms with van der Waals surface area (Å²) in [5, 5.41) is 13.1. The van der Waals surface area contributed by atoms with Gasteiger partial charge in [-0.25, -0.2) is 0 Å². The van der Waals surface area contributed by atoms with E-state index in [9.17, 15) is 5.11 Å². The van der Waals surface area contributed by atoms with E-state index in [1.807, 2.05) is 30.3 Å². The Balaban J connectivity index is 1.68. The summed E-state index contributed by atoms with van der Waals surface area (Å²) in [6, 6.07) is 13.6. The van der Waals surface area contributed by atoms with E-state index in [0.717, 1.165) is 0 Å². The minimum Gasteiger partial charge on any atom is -0.461 e. The third kappa shape index (κ3) is 3.60. The van der Waals surface area contributed by atoms with Crippen LogP contribution in [0.25, 0.3) is 11.6 Å². The van der Waals surface area contributed by atoms with Gasteiger partial charge in [-0.3, -0.25) is 4.90 Å². The summed E-state index contributed by atoms with van der Waals surface area (Å²) in [6.07, 6.45) is 1.57. The summed E-state index contributed by atoms with van der Waals surface area (Å²) in [4.78, 5) is 6.37. The molecule has 6 nitrogen and oxygen atoms in total. The first-order chi connectivity index (χ1) is 10.8. The predicted molar refractivity (Wildman–Crippen MR) is 79.6 cm³/mol. The van der Waals surface area contributed by atoms with E-state index >= 15 is 0 Å². The summed E-state index contributed by atoms with van der Waals surface area (Å²) in [6.45, 7) is 1.79. The lowest BCUT2D eigenvalue weighted by Crippen LogP contribution is -2.26. The minimum atomic E-state index is 0.0754. The van der Waals surface area contributed by atoms with Crippen LogP contribution in [0.15, 0.2) is 57.7 Å². The Labute approximate surface area is 128 Å². The number of furan rings is 1. The molecule has 1 aromatic carbocycles. The van der Waals surface area contributed by atoms with Gasteiger partial charge in [0.1, 0.15) is 0 Å². The van der Waals surface area contributed by atoms with Gasteiger partial charge in [-0.05, 0) is 17.7 Å². The van der Waals surface area contributed by atoms with Crippen molar-refractivity contribution in [2.45, 2.75) is 13.1 Å². The molecule has 1 N–H and O–H groups in total. The highest BCUT2D eigenvalue weighted by atomic mass is 16.5. The van der Waals surface area contributed by atoms with Crippen molar-refractivity contribution in [3.05, 3.63) is 60.2 Å². The molecular formula is C16H17N3O3. The highest BCUT2D eigenvalue weighted by Crippen LogP contribution is 2.17. The van der Waals surface area contributed by atoms with Crippen LogP contribution in [-0.2, 0) is 13.1 Å². The summed E-state index contributed by atoms with van der Waals surface area (Å²) in [5.41, 5.74) is 1.17. The van der Waals surface area contributed by atoms with Crippen molar-refractivity contribution in [2.24, 2.45) is 0 Å². The molecule has 0 saturated heterocycles. The summed E-state index contributed by atoms with van der Waals surface area (Å²) in [7, 11) is 0. The molecule has 0 unspecified atom stereocenters. The standard InChI is InChI=1S/C16H17N3O3/c20-9-8-19(11-13-5-2-1-3-6-13)12-15-17-16(18-22-15)14-7-4-10-21-14/h1-7,10,20H,8-9,11-12H2. The van der Waals surface area contributed by atoms with Crippen LogP contribution in [-0.4, -0.2) is 33.3 Å². The van der Waals surface area contributed by atoms with Crippen LogP contribution in [0.2, 0.25) is 0 Å². The molecule has 6 heteroatoms. The lowest BCUT2D eigenvalue weighted by molar-refractivity contribution is 0.167. The molecule has 0 aliphatic heterocycles. The molecule has 0 radical (unpaired) electrons. The monoisotopic (exact) mass is 299 g/mol. The summed E-state index contributed by atoms with van der Waals surface area (Å²) < 4.78 is 10.5. The lowest BCUT2D eigenvalue weighted by atomic mass is 10.2. The number of hydrogen-bond donors (Lipinski definition) is 1. The van der Waals surface area contributed by atoms with Gasteiger partial charge < -0.3 is 14.0 Å². The highest BCUT2D eigenvalue weighted by molar-refractivity contribution is 5.44. The third-order valence-electron chi connectivity index (χ3n) is 3.23. The van der Waals surface area contributed by atoms with Gasteiger partial charge in [0, 0.05) is 13.1 Å². The van der Waals surface area contributed by atoms with Crippen LogP contribution in [0.1, 0.15) is 11.5 Å². The lowest BCUT2D eigenvalue weighted by Gasteiger charge is -2.19. The zero-order valence-corrected chi connectivity index (χ0v) is 12.1. The van der Waals surface area contributed by atoms with E-state index in [0.29, 0.717) is 37.1 Å². The number of hydrogen-bond acceptors (Lipinski definition) is 6. The molecule has 3 rings (SSSR count). The molecule has 0 atom stereocenters. The first-order valence-electron chi connectivity index (χ1n) is 7.09. The van der Waals surface area contributed by atoms with Crippen molar-refractivity contribution < 1.29 is 14.0 Å². The Kier molecular flexibility index (Phi) is 4.62. The second kappa shape index (κ2) is 7.02. The van der Waals surface area contributed by atoms with Gasteiger partial charge in [0.2, 0.25) is 11.7 Å². The van der Waals surface area contributed by atoms with E-state index in [-0.39, 0.29) is 6.61 Å². The Morgan fingerprint density at radius 1 is 1.05 bits per heavy atom. The van der Waals surface area contributed by atoms with Crippen molar-refractivity contribution in [3.63, 3.8) is 0 Å². The normalized spacial score (nSPS) is 11.2. The minimum absolute atomic E-state index is 0.0754. The van der Waals surface area contributed by atoms with Crippen molar-refractivity contribution >= 4 is 0 Å². The van der Waals surface area contributed by atoms with E-state index in [2.05, 4.69) is 15.0 Å². The zero-order valence-electron chi connectivity index (χ0n) is 12.1. The molecule has 2 aromatic heterocycles. The molecule has 2 heterocycles. The Morgan fingerprint density at radius 3 is 2.64 bits per heavy atom. The average Bonchev–Trinajstić information content (AvgIpc) is 3.19. The molecule has 3 aromatic rings. The van der Waals surface area contributed by atoms with Crippen molar-refractivity contribution in [3.8, 4) is 11.6 Å². The summed E-state index contributed by atoms with van der Waals surface area (Å²) >= 11 is 0. The van der Waals surface area contributed by atoms with Crippen LogP contribution < -0.4 is 0 Å². The molecule has 0 aliphatic carbocycles. The molecule has 0 aliphatic rings. The maximum atomic E-state index is 9.22. The van der Waals surface area contributed by atoms with Gasteiger partial charge in [0.15, 0.2) is 5.76 Å². The summed E-state index contributed by atoms with van der Waals surface area (Å²) in [5.74, 6) is 1.51. The fraction of sp³-hybridized carbons (Fsp3) is 0.250. The smallest absolute Gasteiger partial charge is 0.241 e. The number of nitrogens with zero attached hydrogens (tertiary/aromatic N) is 3. The number of aliphatic hydroxyl groups is 1. The van der Waals surface area contributed by atoms with Crippen molar-refractivity contribution in [1.29, 1.82) is 0 Å². The molecule has 114 valence electrons. The maximum Gasteiger partial charge on any atom is 0.241 e. The van der Waals surface area contributed by atoms with Crippen molar-refractivity contribution in [2.75, 3.05) is 13.2 Å². The van der Waals surface area contributed by atoms with Gasteiger partial charge in [-0.2, -0.15) is 4.98 Å². The molecule has 0 spiro atoms. The van der Waals surface area contributed by atoms with Gasteiger partial charge >= 0.3 is 0 Å². The van der Waals surface area contributed by atoms with Crippen LogP contribution in [0.3, 0.4) is 0 Å². The first-order valence-corrected chi connectivity index (χ1v) is 7.09. The van der Waals surface area contributed by atoms with E-state index in [1.54, 1.807) is 18.4 Å². The Bertz CT molecular complexity index is 680. The molecule has 0 amide bonds. The van der Waals surface area contributed by atoms with E-state index in [1.165, 1.54) is 5.56 Å². The molecule has 0 fully saturated rings. The molecule has 0 saturated carbocycles. The molecular weight excluding hydrogens is 282 g/mol. The second-order valence-electron chi connectivity index (χ2n) is 4.91. The molecule has 0 bridgehead atoms. The van der Waals surface area contributed by atoms with Gasteiger partial charge in [-0.15, -0.1) is 0 Å². The number of rotatable bonds is 7. The van der Waals surface area contributed by atoms with Crippen LogP contribution >= 0.6 is 0 Å². The van der Waals surface area contributed by atoms with E-state index in [4.69, 9.17) is 8.94 Å². The van der Waals surface area contributed by atoms with Crippen molar-refractivity contribution in [1.82, 2.24) is 15.0 Å². The average molecular weight is 299 g/mol. The van der Waals surface area contributed by atoms with Crippen LogP contribution in [0.5, 0.6) is 0 Å². The largest absolute Gasteiger partial charge is 0.461 e. The highest BCUT2D eigenvalue weighted by Gasteiger charge is 2.14. The quantitative estimate of drug-likeness (QED) is 0.721. The fourth-order valence-corrected chi connectivity index (χ4v) is 2.21. The Hall–Kier alpha value is -2.44. The SMILES string of the molecule is OCCN(Cc1ccccc1)Cc1nc(-c2ccco2)no1. The van der Waals surface area contributed by atoms with Gasteiger partial charge in [0.05, 0.1) is 19.4 Å². The topological polar surface area (TPSA) is 75.5 Å². The number of benzene rings is 1. The molecule has 22 heavy (non-hydrogen) atoms. The second-order valence-corrected chi connectivity index (χ2v) is 4.91. The third-order valence-corrected chi connectivity index (χ3v) is 3.23. The maximum absolute atomic E-state index is 9.22. The zero-order chi connectivity index (χ0) is 15.2. The Morgan fingerprint density at radius 2 is 1.91 bits per heavy atom. The predicted octanol–water partition coefficient (Wildman–Crippen LogP) is 2.32. The van der Waals surface area contributed by atoms with Gasteiger partial charge in [-0.1, -0.05) is 35.5 Å². The van der Waals surface area contributed by atoms with Crippen LogP contribution in [0.4, 0.5) is 0 Å². The van der Waals surface area contributed by atoms with Gasteiger partial charge in [0.25, 0.3) is 0 Å². The number of aliphatic hydroxyl groups excluding tert-OH is 1. The van der Waals surface area contributed by atoms with E-state index < -0.39 is 0 Å². The first kappa shape index (κ1) is 14.5. The fourth-order valence-electron chi connectivity index (χ4n) is 2.21. The van der Waals surface area contributed by atoms with Crippen LogP contribution in [0, 0.1) is 0 Å². The number of aromatic nitrogens is 2.